The number of nitrogens with two attached hydrogens (primary N) is 2. The summed E-state index contributed by atoms with van der Waals surface area (Å²) < 4.78 is 0. The van der Waals surface area contributed by atoms with Crippen LogP contribution in [-0.4, -0.2) is 0 Å². The van der Waals surface area contributed by atoms with Crippen molar-refractivity contribution in [1.29, 1.82) is 0 Å². The molecule has 2 nitrogen and oxygen atoms in total. The third-order valence-electron chi connectivity index (χ3n) is 5.28. The summed E-state index contributed by atoms with van der Waals surface area (Å²) >= 11 is 0. The first-order valence-electron chi connectivity index (χ1n) is 9.35. The molecule has 5 aromatic carbocycles. The summed E-state index contributed by atoms with van der Waals surface area (Å²) in [5.41, 5.74) is 17.9. The lowest BCUT2D eigenvalue weighted by Crippen LogP contribution is -1.85. The number of anilines is 2. The molecule has 0 aliphatic heterocycles. The maximum absolute atomic E-state index is 5.82. The quantitative estimate of drug-likeness (QED) is 0.279. The normalized spacial score (nSPS) is 11.1. The Balaban J connectivity index is 1.63. The molecule has 0 radical (unpaired) electrons. The van der Waals surface area contributed by atoms with Crippen molar-refractivity contribution in [3.63, 3.8) is 0 Å². The van der Waals surface area contributed by atoms with Crippen LogP contribution in [-0.2, 0) is 0 Å². The molecular formula is C26H20N2. The van der Waals surface area contributed by atoms with Gasteiger partial charge in [-0.15, -0.1) is 0 Å². The molecule has 0 aliphatic carbocycles. The van der Waals surface area contributed by atoms with E-state index in [4.69, 9.17) is 11.5 Å². The second kappa shape index (κ2) is 6.43. The highest BCUT2D eigenvalue weighted by atomic mass is 14.5. The van der Waals surface area contributed by atoms with Gasteiger partial charge in [-0.3, -0.25) is 0 Å². The molecule has 0 spiro atoms. The molecule has 5 aromatic rings. The first kappa shape index (κ1) is 16.4. The molecule has 0 saturated heterocycles. The van der Waals surface area contributed by atoms with Crippen LogP contribution < -0.4 is 11.5 Å². The molecule has 0 bridgehead atoms. The molecule has 0 aromatic heterocycles. The fraction of sp³-hybridized carbons (Fsp3) is 0. The van der Waals surface area contributed by atoms with Gasteiger partial charge in [-0.05, 0) is 92.3 Å². The average molecular weight is 360 g/mol. The fourth-order valence-electron chi connectivity index (χ4n) is 3.71. The van der Waals surface area contributed by atoms with Crippen molar-refractivity contribution in [2.45, 2.75) is 0 Å². The topological polar surface area (TPSA) is 52.0 Å². The molecule has 4 N–H and O–H groups in total. The molecule has 5 rings (SSSR count). The number of hydrogen-bond donors (Lipinski definition) is 2. The van der Waals surface area contributed by atoms with Crippen LogP contribution in [0.25, 0.3) is 43.8 Å². The highest BCUT2D eigenvalue weighted by molar-refractivity contribution is 6.01. The first-order chi connectivity index (χ1) is 13.7. The van der Waals surface area contributed by atoms with E-state index in [9.17, 15) is 0 Å². The Bertz CT molecular complexity index is 1200. The van der Waals surface area contributed by atoms with Gasteiger partial charge in [0.1, 0.15) is 0 Å². The van der Waals surface area contributed by atoms with Gasteiger partial charge < -0.3 is 11.5 Å². The van der Waals surface area contributed by atoms with E-state index in [1.807, 2.05) is 24.3 Å². The van der Waals surface area contributed by atoms with Crippen molar-refractivity contribution in [3.05, 3.63) is 97.1 Å². The van der Waals surface area contributed by atoms with Crippen LogP contribution >= 0.6 is 0 Å². The lowest BCUT2D eigenvalue weighted by Gasteiger charge is -2.09. The smallest absolute Gasteiger partial charge is 0.0314 e. The third kappa shape index (κ3) is 2.95. The second-order valence-electron chi connectivity index (χ2n) is 7.22. The van der Waals surface area contributed by atoms with E-state index in [-0.39, 0.29) is 0 Å². The van der Waals surface area contributed by atoms with E-state index >= 15 is 0 Å². The number of fused-ring (bicyclic) bond motifs is 2. The number of hydrogen-bond acceptors (Lipinski definition) is 2. The number of benzene rings is 5. The highest BCUT2D eigenvalue weighted by Crippen LogP contribution is 2.31. The van der Waals surface area contributed by atoms with Gasteiger partial charge in [0.25, 0.3) is 0 Å². The maximum Gasteiger partial charge on any atom is 0.0314 e. The predicted molar refractivity (Wildman–Crippen MR) is 121 cm³/mol. The summed E-state index contributed by atoms with van der Waals surface area (Å²) in [6.07, 6.45) is 0. The van der Waals surface area contributed by atoms with Crippen molar-refractivity contribution in [3.8, 4) is 22.3 Å². The Labute approximate surface area is 164 Å². The van der Waals surface area contributed by atoms with E-state index in [0.717, 1.165) is 11.4 Å². The largest absolute Gasteiger partial charge is 0.399 e. The average Bonchev–Trinajstić information content (AvgIpc) is 2.72. The van der Waals surface area contributed by atoms with Crippen molar-refractivity contribution >= 4 is 32.9 Å². The zero-order valence-corrected chi connectivity index (χ0v) is 15.4. The van der Waals surface area contributed by atoms with Crippen LogP contribution in [0.4, 0.5) is 11.4 Å². The molecule has 0 saturated carbocycles. The van der Waals surface area contributed by atoms with Crippen LogP contribution in [0.3, 0.4) is 0 Å². The molecule has 0 heterocycles. The second-order valence-corrected chi connectivity index (χ2v) is 7.22. The van der Waals surface area contributed by atoms with Crippen molar-refractivity contribution in [1.82, 2.24) is 0 Å². The van der Waals surface area contributed by atoms with Crippen molar-refractivity contribution < 1.29 is 0 Å². The summed E-state index contributed by atoms with van der Waals surface area (Å²) in [5.74, 6) is 0. The Morgan fingerprint density at radius 2 is 0.679 bits per heavy atom. The molecule has 0 unspecified atom stereocenters. The molecule has 134 valence electrons. The summed E-state index contributed by atoms with van der Waals surface area (Å²) in [5, 5.41) is 4.95. The van der Waals surface area contributed by atoms with Crippen LogP contribution in [0.2, 0.25) is 0 Å². The molecule has 0 amide bonds. The minimum Gasteiger partial charge on any atom is -0.399 e. The molecule has 2 heteroatoms. The van der Waals surface area contributed by atoms with Gasteiger partial charge in [-0.2, -0.15) is 0 Å². The zero-order chi connectivity index (χ0) is 19.1. The third-order valence-corrected chi connectivity index (χ3v) is 5.28. The van der Waals surface area contributed by atoms with Gasteiger partial charge in [-0.1, -0.05) is 48.5 Å². The van der Waals surface area contributed by atoms with E-state index in [2.05, 4.69) is 72.8 Å². The van der Waals surface area contributed by atoms with Crippen LogP contribution in [0.5, 0.6) is 0 Å². The van der Waals surface area contributed by atoms with Gasteiger partial charge in [-0.25, -0.2) is 0 Å². The van der Waals surface area contributed by atoms with E-state index in [0.29, 0.717) is 0 Å². The zero-order valence-electron chi connectivity index (χ0n) is 15.4. The van der Waals surface area contributed by atoms with Gasteiger partial charge in [0.05, 0.1) is 0 Å². The summed E-state index contributed by atoms with van der Waals surface area (Å²) in [4.78, 5) is 0. The molecule has 28 heavy (non-hydrogen) atoms. The van der Waals surface area contributed by atoms with Crippen molar-refractivity contribution in [2.75, 3.05) is 11.5 Å². The molecule has 0 aliphatic rings. The van der Waals surface area contributed by atoms with E-state index < -0.39 is 0 Å². The minimum atomic E-state index is 0.783. The summed E-state index contributed by atoms with van der Waals surface area (Å²) in [6.45, 7) is 0. The summed E-state index contributed by atoms with van der Waals surface area (Å²) in [6, 6.07) is 33.8. The molecular weight excluding hydrogens is 340 g/mol. The van der Waals surface area contributed by atoms with E-state index in [1.165, 1.54) is 43.8 Å². The minimum absolute atomic E-state index is 0.783. The van der Waals surface area contributed by atoms with Crippen LogP contribution in [0.15, 0.2) is 97.1 Å². The Kier molecular flexibility index (Phi) is 3.77. The summed E-state index contributed by atoms with van der Waals surface area (Å²) in [7, 11) is 0. The van der Waals surface area contributed by atoms with Crippen LogP contribution in [0.1, 0.15) is 0 Å². The monoisotopic (exact) mass is 360 g/mol. The first-order valence-corrected chi connectivity index (χ1v) is 9.35. The Hall–Kier alpha value is -3.78. The lowest BCUT2D eigenvalue weighted by atomic mass is 9.96. The van der Waals surface area contributed by atoms with Gasteiger partial charge in [0, 0.05) is 11.4 Å². The van der Waals surface area contributed by atoms with Gasteiger partial charge in [0.15, 0.2) is 0 Å². The fourth-order valence-corrected chi connectivity index (χ4v) is 3.71. The lowest BCUT2D eigenvalue weighted by molar-refractivity contribution is 1.63. The predicted octanol–water partition coefficient (Wildman–Crippen LogP) is 6.49. The van der Waals surface area contributed by atoms with E-state index in [1.54, 1.807) is 0 Å². The number of nitrogen functional groups attached to an aromatic ring is 2. The Morgan fingerprint density at radius 1 is 0.321 bits per heavy atom. The molecule has 0 fully saturated rings. The van der Waals surface area contributed by atoms with Crippen molar-refractivity contribution in [2.24, 2.45) is 0 Å². The standard InChI is InChI=1S/C26H20N2/c27-25-9-5-17(6-10-25)19-1-3-21-13-22-4-2-20(15-24(22)16-23(21)14-19)18-7-11-26(28)12-8-18/h1-16H,27-28H2. The molecule has 0 atom stereocenters. The van der Waals surface area contributed by atoms with Crippen LogP contribution in [0, 0.1) is 0 Å². The SMILES string of the molecule is Nc1ccc(-c2ccc3cc4ccc(-c5ccc(N)cc5)cc4cc3c2)cc1. The number of rotatable bonds is 2. The Morgan fingerprint density at radius 3 is 1.11 bits per heavy atom. The highest BCUT2D eigenvalue weighted by Gasteiger charge is 2.04. The maximum atomic E-state index is 5.82. The van der Waals surface area contributed by atoms with Gasteiger partial charge >= 0.3 is 0 Å². The van der Waals surface area contributed by atoms with Gasteiger partial charge in [0.2, 0.25) is 0 Å².